The first-order valence-electron chi connectivity index (χ1n) is 10.4. The normalized spacial score (nSPS) is 11.9. The van der Waals surface area contributed by atoms with Crippen LogP contribution >= 0.6 is 0 Å². The van der Waals surface area contributed by atoms with Crippen LogP contribution in [0.15, 0.2) is 67.7 Å². The Hall–Kier alpha value is -2.81. The van der Waals surface area contributed by atoms with Crippen molar-refractivity contribution in [3.63, 3.8) is 0 Å². The fraction of sp³-hybridized carbons (Fsp3) is 0.346. The number of benzene rings is 1. The lowest BCUT2D eigenvalue weighted by molar-refractivity contribution is 0.377. The molecule has 1 aromatic heterocycles. The molecule has 29 heavy (non-hydrogen) atoms. The maximum absolute atomic E-state index is 4.53. The molecule has 1 aromatic carbocycles. The highest BCUT2D eigenvalue weighted by Crippen LogP contribution is 2.28. The summed E-state index contributed by atoms with van der Waals surface area (Å²) in [5, 5.41) is 0. The summed E-state index contributed by atoms with van der Waals surface area (Å²) < 4.78 is 0. The van der Waals surface area contributed by atoms with Gasteiger partial charge in [0.05, 0.1) is 0 Å². The quantitative estimate of drug-likeness (QED) is 0.467. The van der Waals surface area contributed by atoms with E-state index in [1.54, 1.807) is 6.08 Å². The predicted octanol–water partition coefficient (Wildman–Crippen LogP) is 6.33. The molecule has 0 unspecified atom stereocenters. The Labute approximate surface area is 177 Å². The van der Waals surface area contributed by atoms with Gasteiger partial charge in [0, 0.05) is 62.1 Å². The van der Waals surface area contributed by atoms with Crippen molar-refractivity contribution < 1.29 is 0 Å². The molecule has 154 valence electrons. The zero-order chi connectivity index (χ0) is 21.4. The van der Waals surface area contributed by atoms with Crippen molar-refractivity contribution >= 4 is 11.3 Å². The van der Waals surface area contributed by atoms with E-state index >= 15 is 0 Å². The smallest absolute Gasteiger partial charge is 0.0393 e. The Morgan fingerprint density at radius 3 is 2.52 bits per heavy atom. The summed E-state index contributed by atoms with van der Waals surface area (Å²) >= 11 is 0. The molecule has 0 bridgehead atoms. The number of allylic oxidation sites excluding steroid dienone is 4. The van der Waals surface area contributed by atoms with Gasteiger partial charge in [0.25, 0.3) is 0 Å². The fourth-order valence-corrected chi connectivity index (χ4v) is 3.23. The highest BCUT2D eigenvalue weighted by molar-refractivity contribution is 5.77. The van der Waals surface area contributed by atoms with Crippen LogP contribution < -0.4 is 4.90 Å². The largest absolute Gasteiger partial charge is 0.377 e. The topological polar surface area (TPSA) is 19.4 Å². The lowest BCUT2D eigenvalue weighted by atomic mass is 10.00. The van der Waals surface area contributed by atoms with E-state index in [-0.39, 0.29) is 0 Å². The lowest BCUT2D eigenvalue weighted by Crippen LogP contribution is -2.20. The second-order valence-corrected chi connectivity index (χ2v) is 7.82. The highest BCUT2D eigenvalue weighted by atomic mass is 15.1. The van der Waals surface area contributed by atoms with Gasteiger partial charge in [-0.15, -0.1) is 0 Å². The number of hydrogen-bond donors (Lipinski definition) is 0. The Balaban J connectivity index is 2.42. The fourth-order valence-electron chi connectivity index (χ4n) is 3.23. The number of aromatic nitrogens is 1. The number of rotatable bonds is 9. The summed E-state index contributed by atoms with van der Waals surface area (Å²) in [4.78, 5) is 9.05. The lowest BCUT2D eigenvalue weighted by Gasteiger charge is -2.21. The van der Waals surface area contributed by atoms with Gasteiger partial charge in [-0.05, 0) is 62.1 Å². The van der Waals surface area contributed by atoms with Crippen molar-refractivity contribution in [2.24, 2.45) is 0 Å². The standard InChI is InChI=1S/C26H35N3/c1-8-10-11-23(19-29(7)20(3)4)25-16-24(17-27-18-25)22-12-13-26(21(5)15-22)28(6)14-9-2/h8,10-13,15-20H,1,9,14H2,2-7H3/b11-10-,23-19+. The highest BCUT2D eigenvalue weighted by Gasteiger charge is 2.09. The van der Waals surface area contributed by atoms with E-state index in [2.05, 4.69) is 99.7 Å². The number of aryl methyl sites for hydroxylation is 1. The average Bonchev–Trinajstić information content (AvgIpc) is 2.70. The van der Waals surface area contributed by atoms with E-state index in [1.807, 2.05) is 18.5 Å². The maximum Gasteiger partial charge on any atom is 0.0393 e. The van der Waals surface area contributed by atoms with Crippen LogP contribution in [-0.2, 0) is 0 Å². The Kier molecular flexibility index (Phi) is 8.26. The van der Waals surface area contributed by atoms with Gasteiger partial charge in [-0.2, -0.15) is 0 Å². The van der Waals surface area contributed by atoms with E-state index in [4.69, 9.17) is 0 Å². The molecule has 3 nitrogen and oxygen atoms in total. The zero-order valence-electron chi connectivity index (χ0n) is 18.8. The Morgan fingerprint density at radius 2 is 1.90 bits per heavy atom. The molecule has 3 heteroatoms. The monoisotopic (exact) mass is 389 g/mol. The van der Waals surface area contributed by atoms with Crippen molar-refractivity contribution in [1.82, 2.24) is 9.88 Å². The molecule has 0 saturated heterocycles. The summed E-state index contributed by atoms with van der Waals surface area (Å²) in [6.07, 6.45) is 13.0. The summed E-state index contributed by atoms with van der Waals surface area (Å²) in [5.41, 5.74) is 7.10. The van der Waals surface area contributed by atoms with Crippen molar-refractivity contribution in [2.75, 3.05) is 25.5 Å². The van der Waals surface area contributed by atoms with Crippen LogP contribution in [0.1, 0.15) is 38.3 Å². The first-order chi connectivity index (χ1) is 13.9. The van der Waals surface area contributed by atoms with Crippen LogP contribution in [0.5, 0.6) is 0 Å². The Bertz CT molecular complexity index is 877. The van der Waals surface area contributed by atoms with Gasteiger partial charge in [0.1, 0.15) is 0 Å². The van der Waals surface area contributed by atoms with Crippen LogP contribution in [0, 0.1) is 6.92 Å². The van der Waals surface area contributed by atoms with Crippen LogP contribution in [0.3, 0.4) is 0 Å². The van der Waals surface area contributed by atoms with Crippen molar-refractivity contribution in [2.45, 2.75) is 40.2 Å². The summed E-state index contributed by atoms with van der Waals surface area (Å²) in [7, 11) is 4.25. The number of hydrogen-bond acceptors (Lipinski definition) is 3. The van der Waals surface area contributed by atoms with E-state index in [0.29, 0.717) is 6.04 Å². The zero-order valence-corrected chi connectivity index (χ0v) is 18.8. The number of nitrogens with zero attached hydrogens (tertiary/aromatic N) is 3. The van der Waals surface area contributed by atoms with E-state index in [9.17, 15) is 0 Å². The molecule has 0 aliphatic heterocycles. The van der Waals surface area contributed by atoms with Gasteiger partial charge in [-0.1, -0.05) is 37.8 Å². The van der Waals surface area contributed by atoms with E-state index in [1.165, 1.54) is 16.8 Å². The van der Waals surface area contributed by atoms with Crippen molar-refractivity contribution in [1.29, 1.82) is 0 Å². The van der Waals surface area contributed by atoms with Crippen molar-refractivity contribution in [3.05, 3.63) is 78.8 Å². The summed E-state index contributed by atoms with van der Waals surface area (Å²) in [6, 6.07) is 9.30. The first kappa shape index (κ1) is 22.5. The summed E-state index contributed by atoms with van der Waals surface area (Å²) in [5.74, 6) is 0. The molecular formula is C26H35N3. The molecule has 0 aliphatic rings. The van der Waals surface area contributed by atoms with E-state index < -0.39 is 0 Å². The third kappa shape index (κ3) is 6.08. The molecule has 0 spiro atoms. The average molecular weight is 390 g/mol. The molecular weight excluding hydrogens is 354 g/mol. The van der Waals surface area contributed by atoms with Crippen LogP contribution in [-0.4, -0.2) is 36.6 Å². The van der Waals surface area contributed by atoms with Gasteiger partial charge in [0.15, 0.2) is 0 Å². The van der Waals surface area contributed by atoms with Crippen LogP contribution in [0.25, 0.3) is 16.7 Å². The molecule has 0 N–H and O–H groups in total. The third-order valence-corrected chi connectivity index (χ3v) is 5.14. The Morgan fingerprint density at radius 1 is 1.14 bits per heavy atom. The molecule has 0 fully saturated rings. The van der Waals surface area contributed by atoms with Gasteiger partial charge in [0.2, 0.25) is 0 Å². The van der Waals surface area contributed by atoms with E-state index in [0.717, 1.165) is 29.7 Å². The van der Waals surface area contributed by atoms with Gasteiger partial charge in [-0.3, -0.25) is 4.98 Å². The summed E-state index contributed by atoms with van der Waals surface area (Å²) in [6.45, 7) is 13.6. The minimum Gasteiger partial charge on any atom is -0.377 e. The first-order valence-corrected chi connectivity index (χ1v) is 10.4. The van der Waals surface area contributed by atoms with Gasteiger partial charge < -0.3 is 9.80 Å². The van der Waals surface area contributed by atoms with Gasteiger partial charge in [-0.25, -0.2) is 0 Å². The molecule has 1 heterocycles. The molecule has 0 aliphatic carbocycles. The minimum absolute atomic E-state index is 0.425. The number of pyridine rings is 1. The SMILES string of the molecule is C=C/C=C\C(=C/N(C)C(C)C)c1cncc(-c2ccc(N(C)CCC)c(C)c2)c1. The van der Waals surface area contributed by atoms with Crippen molar-refractivity contribution in [3.8, 4) is 11.1 Å². The predicted molar refractivity (Wildman–Crippen MR) is 128 cm³/mol. The van der Waals surface area contributed by atoms with Crippen LogP contribution in [0.4, 0.5) is 5.69 Å². The second kappa shape index (κ2) is 10.7. The minimum atomic E-state index is 0.425. The second-order valence-electron chi connectivity index (χ2n) is 7.82. The van der Waals surface area contributed by atoms with Gasteiger partial charge >= 0.3 is 0 Å². The molecule has 2 rings (SSSR count). The molecule has 0 atom stereocenters. The van der Waals surface area contributed by atoms with Crippen LogP contribution in [0.2, 0.25) is 0 Å². The molecule has 0 radical (unpaired) electrons. The number of anilines is 1. The molecule has 2 aromatic rings. The third-order valence-electron chi connectivity index (χ3n) is 5.14. The maximum atomic E-state index is 4.53. The molecule has 0 amide bonds. The molecule has 0 saturated carbocycles.